The van der Waals surface area contributed by atoms with Crippen molar-refractivity contribution in [3.8, 4) is 12.1 Å². The standard InChI is InChI=1S/C17H14ClN5OS/c1-10(16(24)22-9-11-4-2-3-5-14(11)18)25-17-13(8-20)6-12(7-19)15(21)23-17/h2-6,10H,9H2,1H3,(H2,21,23)(H,22,24)/t10-/m0/s1. The van der Waals surface area contributed by atoms with Crippen molar-refractivity contribution in [3.63, 3.8) is 0 Å². The van der Waals surface area contributed by atoms with Crippen molar-refractivity contribution in [1.82, 2.24) is 10.3 Å². The molecule has 0 spiro atoms. The summed E-state index contributed by atoms with van der Waals surface area (Å²) < 4.78 is 0. The first-order chi connectivity index (χ1) is 12.0. The summed E-state index contributed by atoms with van der Waals surface area (Å²) >= 11 is 7.17. The molecule has 0 saturated carbocycles. The van der Waals surface area contributed by atoms with Gasteiger partial charge in [0.05, 0.1) is 16.4 Å². The molecule has 2 aromatic rings. The Bertz CT molecular complexity index is 888. The number of anilines is 1. The van der Waals surface area contributed by atoms with E-state index in [1.807, 2.05) is 30.3 Å². The van der Waals surface area contributed by atoms with Gasteiger partial charge in [-0.2, -0.15) is 10.5 Å². The molecule has 0 radical (unpaired) electrons. The van der Waals surface area contributed by atoms with E-state index in [0.29, 0.717) is 16.6 Å². The minimum atomic E-state index is -0.505. The molecule has 25 heavy (non-hydrogen) atoms. The number of halogens is 1. The van der Waals surface area contributed by atoms with Crippen LogP contribution < -0.4 is 11.1 Å². The largest absolute Gasteiger partial charge is 0.383 e. The first kappa shape index (κ1) is 18.6. The second kappa shape index (κ2) is 8.39. The summed E-state index contributed by atoms with van der Waals surface area (Å²) in [6.07, 6.45) is 0. The fraction of sp³-hybridized carbons (Fsp3) is 0.176. The lowest BCUT2D eigenvalue weighted by atomic mass is 10.2. The predicted molar refractivity (Wildman–Crippen MR) is 96.7 cm³/mol. The Hall–Kier alpha value is -2.74. The number of hydrogen-bond donors (Lipinski definition) is 2. The number of aromatic nitrogens is 1. The predicted octanol–water partition coefficient (Wildman–Crippen LogP) is 2.86. The van der Waals surface area contributed by atoms with E-state index in [0.717, 1.165) is 17.3 Å². The van der Waals surface area contributed by atoms with Gasteiger partial charge < -0.3 is 11.1 Å². The third kappa shape index (κ3) is 4.63. The van der Waals surface area contributed by atoms with E-state index in [4.69, 9.17) is 22.6 Å². The number of nitrogen functional groups attached to an aromatic ring is 1. The Morgan fingerprint density at radius 2 is 2.04 bits per heavy atom. The number of nitrogens with two attached hydrogens (primary N) is 1. The van der Waals surface area contributed by atoms with Crippen molar-refractivity contribution < 1.29 is 4.79 Å². The lowest BCUT2D eigenvalue weighted by Crippen LogP contribution is -2.30. The van der Waals surface area contributed by atoms with Crippen LogP contribution in [0.3, 0.4) is 0 Å². The van der Waals surface area contributed by atoms with Crippen molar-refractivity contribution in [2.75, 3.05) is 5.73 Å². The molecule has 1 heterocycles. The molecule has 1 atom stereocenters. The smallest absolute Gasteiger partial charge is 0.233 e. The monoisotopic (exact) mass is 371 g/mol. The molecule has 0 bridgehead atoms. The van der Waals surface area contributed by atoms with Gasteiger partial charge in [-0.05, 0) is 24.6 Å². The third-order valence-electron chi connectivity index (χ3n) is 3.33. The highest BCUT2D eigenvalue weighted by Crippen LogP contribution is 2.27. The van der Waals surface area contributed by atoms with Gasteiger partial charge in [-0.25, -0.2) is 4.98 Å². The third-order valence-corrected chi connectivity index (χ3v) is 4.80. The molecule has 0 fully saturated rings. The average Bonchev–Trinajstić information content (AvgIpc) is 2.61. The van der Waals surface area contributed by atoms with Crippen LogP contribution in [-0.2, 0) is 11.3 Å². The average molecular weight is 372 g/mol. The van der Waals surface area contributed by atoms with Gasteiger partial charge >= 0.3 is 0 Å². The van der Waals surface area contributed by atoms with Crippen LogP contribution in [0.15, 0.2) is 35.4 Å². The Morgan fingerprint density at radius 3 is 2.68 bits per heavy atom. The molecular formula is C17H14ClN5OS. The second-order valence-corrected chi connectivity index (χ2v) is 6.80. The van der Waals surface area contributed by atoms with Gasteiger partial charge in [-0.3, -0.25) is 4.79 Å². The van der Waals surface area contributed by atoms with Gasteiger partial charge in [0, 0.05) is 11.6 Å². The molecule has 0 aliphatic rings. The Kier molecular flexibility index (Phi) is 6.24. The number of benzene rings is 1. The van der Waals surface area contributed by atoms with Gasteiger partial charge in [0.25, 0.3) is 0 Å². The maximum atomic E-state index is 12.3. The van der Waals surface area contributed by atoms with E-state index in [1.165, 1.54) is 6.07 Å². The number of nitrogens with zero attached hydrogens (tertiary/aromatic N) is 3. The molecule has 8 heteroatoms. The molecule has 126 valence electrons. The van der Waals surface area contributed by atoms with Crippen molar-refractivity contribution >= 4 is 35.1 Å². The van der Waals surface area contributed by atoms with Crippen LogP contribution in [-0.4, -0.2) is 16.1 Å². The maximum Gasteiger partial charge on any atom is 0.233 e. The maximum absolute atomic E-state index is 12.3. The number of rotatable bonds is 5. The van der Waals surface area contributed by atoms with E-state index in [1.54, 1.807) is 13.0 Å². The minimum Gasteiger partial charge on any atom is -0.383 e. The molecule has 0 aliphatic carbocycles. The van der Waals surface area contributed by atoms with E-state index < -0.39 is 5.25 Å². The lowest BCUT2D eigenvalue weighted by Gasteiger charge is -2.13. The summed E-state index contributed by atoms with van der Waals surface area (Å²) in [5, 5.41) is 21.3. The number of nitrogens with one attached hydrogen (secondary N) is 1. The molecule has 0 unspecified atom stereocenters. The molecule has 2 rings (SSSR count). The normalized spacial score (nSPS) is 11.2. The lowest BCUT2D eigenvalue weighted by molar-refractivity contribution is -0.120. The van der Waals surface area contributed by atoms with Crippen LogP contribution in [0.5, 0.6) is 0 Å². The summed E-state index contributed by atoms with van der Waals surface area (Å²) in [7, 11) is 0. The van der Waals surface area contributed by atoms with Crippen LogP contribution in [0.4, 0.5) is 5.82 Å². The molecule has 6 nitrogen and oxygen atoms in total. The van der Waals surface area contributed by atoms with Gasteiger partial charge in [-0.15, -0.1) is 0 Å². The van der Waals surface area contributed by atoms with E-state index in [-0.39, 0.29) is 22.9 Å². The summed E-state index contributed by atoms with van der Waals surface area (Å²) in [6, 6.07) is 12.5. The van der Waals surface area contributed by atoms with Crippen molar-refractivity contribution in [1.29, 1.82) is 10.5 Å². The molecule has 0 saturated heterocycles. The van der Waals surface area contributed by atoms with E-state index >= 15 is 0 Å². The van der Waals surface area contributed by atoms with Crippen LogP contribution in [0.1, 0.15) is 23.6 Å². The minimum absolute atomic E-state index is 0.0349. The van der Waals surface area contributed by atoms with Gasteiger partial charge in [0.1, 0.15) is 23.0 Å². The fourth-order valence-electron chi connectivity index (χ4n) is 1.96. The van der Waals surface area contributed by atoms with E-state index in [9.17, 15) is 10.1 Å². The summed E-state index contributed by atoms with van der Waals surface area (Å²) in [4.78, 5) is 16.3. The number of thioether (sulfide) groups is 1. The number of nitriles is 2. The summed E-state index contributed by atoms with van der Waals surface area (Å²) in [6.45, 7) is 2.00. The highest BCUT2D eigenvalue weighted by molar-refractivity contribution is 8.00. The SMILES string of the molecule is C[C@H](Sc1nc(N)c(C#N)cc1C#N)C(=O)NCc1ccccc1Cl. The second-order valence-electron chi connectivity index (χ2n) is 5.07. The highest BCUT2D eigenvalue weighted by atomic mass is 35.5. The van der Waals surface area contributed by atoms with E-state index in [2.05, 4.69) is 10.3 Å². The first-order valence-electron chi connectivity index (χ1n) is 7.24. The number of carbonyl (C=O) groups excluding carboxylic acids is 1. The molecule has 0 aliphatic heterocycles. The molecule has 1 aromatic heterocycles. The number of carbonyl (C=O) groups is 1. The van der Waals surface area contributed by atoms with Crippen LogP contribution in [0.2, 0.25) is 5.02 Å². The number of pyridine rings is 1. The zero-order valence-electron chi connectivity index (χ0n) is 13.3. The Morgan fingerprint density at radius 1 is 1.36 bits per heavy atom. The summed E-state index contributed by atoms with van der Waals surface area (Å²) in [5.74, 6) is -0.189. The summed E-state index contributed by atoms with van der Waals surface area (Å²) in [5.41, 5.74) is 6.85. The van der Waals surface area contributed by atoms with Crippen LogP contribution >= 0.6 is 23.4 Å². The molecule has 3 N–H and O–H groups in total. The highest BCUT2D eigenvalue weighted by Gasteiger charge is 2.19. The fourth-order valence-corrected chi connectivity index (χ4v) is 3.07. The van der Waals surface area contributed by atoms with Gasteiger partial charge in [0.15, 0.2) is 0 Å². The molecular weight excluding hydrogens is 358 g/mol. The van der Waals surface area contributed by atoms with Crippen LogP contribution in [0, 0.1) is 22.7 Å². The van der Waals surface area contributed by atoms with Gasteiger partial charge in [-0.1, -0.05) is 41.6 Å². The number of hydrogen-bond acceptors (Lipinski definition) is 6. The Labute approximate surface area is 154 Å². The van der Waals surface area contributed by atoms with Crippen molar-refractivity contribution in [2.45, 2.75) is 23.7 Å². The zero-order valence-corrected chi connectivity index (χ0v) is 14.9. The molecule has 1 amide bonds. The van der Waals surface area contributed by atoms with Crippen molar-refractivity contribution in [2.24, 2.45) is 0 Å². The molecule has 1 aromatic carbocycles. The van der Waals surface area contributed by atoms with Crippen molar-refractivity contribution in [3.05, 3.63) is 52.0 Å². The first-order valence-corrected chi connectivity index (χ1v) is 8.50. The zero-order chi connectivity index (χ0) is 18.4. The van der Waals surface area contributed by atoms with Gasteiger partial charge in [0.2, 0.25) is 5.91 Å². The quantitative estimate of drug-likeness (QED) is 0.780. The Balaban J connectivity index is 2.07. The topological polar surface area (TPSA) is 116 Å². The number of amides is 1. The van der Waals surface area contributed by atoms with Crippen LogP contribution in [0.25, 0.3) is 0 Å².